The Hall–Kier alpha value is -2.54. The monoisotopic (exact) mass is 464 g/mol. The van der Waals surface area contributed by atoms with E-state index in [2.05, 4.69) is 10.4 Å². The van der Waals surface area contributed by atoms with Crippen LogP contribution < -0.4 is 5.32 Å². The lowest BCUT2D eigenvalue weighted by atomic mass is 10.2. The van der Waals surface area contributed by atoms with E-state index in [4.69, 9.17) is 34.8 Å². The second-order valence-electron chi connectivity index (χ2n) is 6.30. The molecular formula is C21H19Cl3N4O2. The molecule has 0 fully saturated rings. The molecule has 0 bridgehead atoms. The van der Waals surface area contributed by atoms with Crippen LogP contribution in [0.15, 0.2) is 48.7 Å². The molecular weight excluding hydrogens is 447 g/mol. The Bertz CT molecular complexity index is 1080. The number of carbonyl (C=O) groups is 2. The van der Waals surface area contributed by atoms with Gasteiger partial charge >= 0.3 is 0 Å². The number of nitrogens with zero attached hydrogens (tertiary/aromatic N) is 3. The maximum atomic E-state index is 13.1. The zero-order valence-electron chi connectivity index (χ0n) is 16.3. The minimum atomic E-state index is -0.598. The Morgan fingerprint density at radius 2 is 1.63 bits per heavy atom. The van der Waals surface area contributed by atoms with Gasteiger partial charge in [0.2, 0.25) is 0 Å². The molecule has 6 nitrogen and oxygen atoms in total. The average molecular weight is 466 g/mol. The van der Waals surface area contributed by atoms with Gasteiger partial charge in [0.25, 0.3) is 11.8 Å². The highest BCUT2D eigenvalue weighted by Crippen LogP contribution is 2.32. The Kier molecular flexibility index (Phi) is 7.02. The van der Waals surface area contributed by atoms with Crippen LogP contribution in [0.2, 0.25) is 15.1 Å². The summed E-state index contributed by atoms with van der Waals surface area (Å²) >= 11 is 18.5. The SMILES string of the molecule is CCN(CC)C(=O)c1cnn(-c2ccccc2)c1NC(=O)c1c(Cl)ccc(Cl)c1Cl. The smallest absolute Gasteiger partial charge is 0.259 e. The molecule has 30 heavy (non-hydrogen) atoms. The van der Waals surface area contributed by atoms with Crippen molar-refractivity contribution in [1.82, 2.24) is 14.7 Å². The minimum Gasteiger partial charge on any atom is -0.339 e. The van der Waals surface area contributed by atoms with Crippen LogP contribution >= 0.6 is 34.8 Å². The van der Waals surface area contributed by atoms with Gasteiger partial charge in [-0.25, -0.2) is 4.68 Å². The van der Waals surface area contributed by atoms with Gasteiger partial charge in [-0.3, -0.25) is 9.59 Å². The van der Waals surface area contributed by atoms with Crippen LogP contribution in [0.5, 0.6) is 0 Å². The highest BCUT2D eigenvalue weighted by molar-refractivity contribution is 6.46. The van der Waals surface area contributed by atoms with E-state index in [1.165, 1.54) is 23.0 Å². The van der Waals surface area contributed by atoms with E-state index < -0.39 is 5.91 Å². The van der Waals surface area contributed by atoms with Gasteiger partial charge in [0.05, 0.1) is 32.5 Å². The number of halogens is 3. The van der Waals surface area contributed by atoms with E-state index in [-0.39, 0.29) is 37.9 Å². The molecule has 1 aromatic heterocycles. The number of amides is 2. The third-order valence-corrected chi connectivity index (χ3v) is 5.67. The molecule has 3 aromatic rings. The van der Waals surface area contributed by atoms with Crippen molar-refractivity contribution in [3.8, 4) is 5.69 Å². The Labute approximate surface area is 189 Å². The van der Waals surface area contributed by atoms with Crippen molar-refractivity contribution >= 4 is 52.4 Å². The lowest BCUT2D eigenvalue weighted by Crippen LogP contribution is -2.31. The molecule has 0 atom stereocenters. The van der Waals surface area contributed by atoms with Gasteiger partial charge in [0.1, 0.15) is 11.4 Å². The number of para-hydroxylation sites is 1. The van der Waals surface area contributed by atoms with Gasteiger partial charge in [-0.05, 0) is 38.1 Å². The fourth-order valence-electron chi connectivity index (χ4n) is 2.98. The van der Waals surface area contributed by atoms with Crippen LogP contribution in [0.25, 0.3) is 5.69 Å². The average Bonchev–Trinajstić information content (AvgIpc) is 3.16. The molecule has 0 aliphatic heterocycles. The summed E-state index contributed by atoms with van der Waals surface area (Å²) in [4.78, 5) is 27.7. The quantitative estimate of drug-likeness (QED) is 0.484. The molecule has 0 saturated heterocycles. The van der Waals surface area contributed by atoms with Gasteiger partial charge in [-0.15, -0.1) is 0 Å². The van der Waals surface area contributed by atoms with E-state index in [1.54, 1.807) is 4.90 Å². The largest absolute Gasteiger partial charge is 0.339 e. The maximum absolute atomic E-state index is 13.1. The fourth-order valence-corrected chi connectivity index (χ4v) is 3.68. The molecule has 0 unspecified atom stereocenters. The summed E-state index contributed by atoms with van der Waals surface area (Å²) in [5.41, 5.74) is 0.952. The minimum absolute atomic E-state index is 0.0212. The van der Waals surface area contributed by atoms with Crippen LogP contribution in [-0.4, -0.2) is 39.6 Å². The summed E-state index contributed by atoms with van der Waals surface area (Å²) < 4.78 is 1.49. The lowest BCUT2D eigenvalue weighted by molar-refractivity contribution is 0.0774. The number of anilines is 1. The van der Waals surface area contributed by atoms with Crippen molar-refractivity contribution in [1.29, 1.82) is 0 Å². The number of hydrogen-bond donors (Lipinski definition) is 1. The molecule has 2 aromatic carbocycles. The second kappa shape index (κ2) is 9.51. The fraction of sp³-hybridized carbons (Fsp3) is 0.190. The second-order valence-corrected chi connectivity index (χ2v) is 7.50. The van der Waals surface area contributed by atoms with Crippen LogP contribution in [0.1, 0.15) is 34.6 Å². The summed E-state index contributed by atoms with van der Waals surface area (Å²) in [6, 6.07) is 12.1. The Morgan fingerprint density at radius 1 is 1.00 bits per heavy atom. The predicted molar refractivity (Wildman–Crippen MR) is 120 cm³/mol. The van der Waals surface area contributed by atoms with Crippen molar-refractivity contribution in [3.63, 3.8) is 0 Å². The number of hydrogen-bond acceptors (Lipinski definition) is 3. The molecule has 0 spiro atoms. The molecule has 1 heterocycles. The zero-order valence-corrected chi connectivity index (χ0v) is 18.6. The van der Waals surface area contributed by atoms with E-state index in [9.17, 15) is 9.59 Å². The molecule has 2 amide bonds. The van der Waals surface area contributed by atoms with Crippen LogP contribution in [0, 0.1) is 0 Å². The highest BCUT2D eigenvalue weighted by atomic mass is 35.5. The summed E-state index contributed by atoms with van der Waals surface area (Å²) in [7, 11) is 0. The number of carbonyl (C=O) groups excluding carboxylic acids is 2. The first-order valence-electron chi connectivity index (χ1n) is 9.26. The summed E-state index contributed by atoms with van der Waals surface area (Å²) in [6.07, 6.45) is 1.43. The molecule has 3 rings (SSSR count). The molecule has 0 aliphatic carbocycles. The molecule has 156 valence electrons. The van der Waals surface area contributed by atoms with Crippen molar-refractivity contribution in [2.45, 2.75) is 13.8 Å². The number of benzene rings is 2. The van der Waals surface area contributed by atoms with Gasteiger partial charge in [0, 0.05) is 13.1 Å². The molecule has 0 radical (unpaired) electrons. The van der Waals surface area contributed by atoms with Crippen LogP contribution in [0.3, 0.4) is 0 Å². The number of nitrogens with one attached hydrogen (secondary N) is 1. The highest BCUT2D eigenvalue weighted by Gasteiger charge is 2.25. The lowest BCUT2D eigenvalue weighted by Gasteiger charge is -2.19. The standard InChI is InChI=1S/C21H19Cl3N4O2/c1-3-27(4-2)21(30)14-12-25-28(13-8-6-5-7-9-13)19(14)26-20(29)17-15(22)10-11-16(23)18(17)24/h5-12H,3-4H2,1-2H3,(H,26,29). The van der Waals surface area contributed by atoms with E-state index in [0.717, 1.165) is 0 Å². The van der Waals surface area contributed by atoms with Gasteiger partial charge < -0.3 is 10.2 Å². The molecule has 0 aliphatic rings. The number of aromatic nitrogens is 2. The van der Waals surface area contributed by atoms with Crippen molar-refractivity contribution in [2.24, 2.45) is 0 Å². The van der Waals surface area contributed by atoms with Crippen LogP contribution in [0.4, 0.5) is 5.82 Å². The summed E-state index contributed by atoms with van der Waals surface area (Å²) in [6.45, 7) is 4.80. The zero-order chi connectivity index (χ0) is 21.8. The maximum Gasteiger partial charge on any atom is 0.259 e. The van der Waals surface area contributed by atoms with Gasteiger partial charge in [-0.2, -0.15) is 5.10 Å². The number of rotatable bonds is 6. The molecule has 0 saturated carbocycles. The normalized spacial score (nSPS) is 10.7. The van der Waals surface area contributed by atoms with Gasteiger partial charge in [0.15, 0.2) is 0 Å². The predicted octanol–water partition coefficient (Wildman–Crippen LogP) is 5.57. The van der Waals surface area contributed by atoms with Crippen LogP contribution in [-0.2, 0) is 0 Å². The Morgan fingerprint density at radius 3 is 2.27 bits per heavy atom. The van der Waals surface area contributed by atoms with Gasteiger partial charge in [-0.1, -0.05) is 53.0 Å². The van der Waals surface area contributed by atoms with E-state index >= 15 is 0 Å². The first-order chi connectivity index (χ1) is 14.4. The first kappa shape index (κ1) is 22.2. The third-order valence-electron chi connectivity index (χ3n) is 4.55. The first-order valence-corrected chi connectivity index (χ1v) is 10.4. The Balaban J connectivity index is 2.10. The van der Waals surface area contributed by atoms with E-state index in [1.807, 2.05) is 44.2 Å². The van der Waals surface area contributed by atoms with Crippen molar-refractivity contribution in [3.05, 3.63) is 74.9 Å². The third kappa shape index (κ3) is 4.31. The molecule has 1 N–H and O–H groups in total. The summed E-state index contributed by atoms with van der Waals surface area (Å²) in [5.74, 6) is -0.630. The molecule has 9 heteroatoms. The van der Waals surface area contributed by atoms with E-state index in [0.29, 0.717) is 18.8 Å². The topological polar surface area (TPSA) is 67.2 Å². The van der Waals surface area contributed by atoms with Crippen molar-refractivity contribution < 1.29 is 9.59 Å². The summed E-state index contributed by atoms with van der Waals surface area (Å²) in [5, 5.41) is 7.45. The van der Waals surface area contributed by atoms with Crippen molar-refractivity contribution in [2.75, 3.05) is 18.4 Å².